The van der Waals surface area contributed by atoms with Gasteiger partial charge in [-0.1, -0.05) is 24.6 Å². The van der Waals surface area contributed by atoms with Crippen LogP contribution in [-0.4, -0.2) is 44.7 Å². The van der Waals surface area contributed by atoms with Crippen molar-refractivity contribution in [3.63, 3.8) is 0 Å². The lowest BCUT2D eigenvalue weighted by Gasteiger charge is -2.35. The fourth-order valence-electron chi connectivity index (χ4n) is 2.46. The van der Waals surface area contributed by atoms with E-state index < -0.39 is 0 Å². The van der Waals surface area contributed by atoms with E-state index in [9.17, 15) is 0 Å². The molecule has 1 fully saturated rings. The Kier molecular flexibility index (Phi) is 5.49. The van der Waals surface area contributed by atoms with Crippen molar-refractivity contribution in [1.82, 2.24) is 10.2 Å². The van der Waals surface area contributed by atoms with Crippen molar-refractivity contribution in [2.24, 2.45) is 0 Å². The van der Waals surface area contributed by atoms with Crippen LogP contribution >= 0.6 is 11.6 Å². The van der Waals surface area contributed by atoms with Gasteiger partial charge in [-0.3, -0.25) is 0 Å². The molecule has 3 nitrogen and oxygen atoms in total. The van der Waals surface area contributed by atoms with Crippen molar-refractivity contribution in [2.75, 3.05) is 44.7 Å². The number of hydrogen-bond donors (Lipinski definition) is 1. The van der Waals surface area contributed by atoms with Gasteiger partial charge in [0.2, 0.25) is 0 Å². The molecule has 0 atom stereocenters. The highest BCUT2D eigenvalue weighted by atomic mass is 35.5. The molecule has 1 N–H and O–H groups in total. The Bertz CT molecular complexity index is 400. The second-order valence-corrected chi connectivity index (χ2v) is 5.61. The molecule has 1 heterocycles. The molecule has 1 aromatic carbocycles. The molecule has 1 aliphatic rings. The van der Waals surface area contributed by atoms with E-state index in [-0.39, 0.29) is 0 Å². The van der Waals surface area contributed by atoms with E-state index >= 15 is 0 Å². The van der Waals surface area contributed by atoms with Crippen molar-refractivity contribution in [1.29, 1.82) is 0 Å². The predicted molar refractivity (Wildman–Crippen MR) is 83.2 cm³/mol. The second kappa shape index (κ2) is 7.13. The van der Waals surface area contributed by atoms with E-state index in [2.05, 4.69) is 41.2 Å². The molecule has 0 aliphatic carbocycles. The lowest BCUT2D eigenvalue weighted by molar-refractivity contribution is 0.312. The maximum absolute atomic E-state index is 6.38. The molecule has 0 radical (unpaired) electrons. The summed E-state index contributed by atoms with van der Waals surface area (Å²) in [5, 5.41) is 4.33. The molecule has 0 unspecified atom stereocenters. The molecule has 0 aromatic heterocycles. The van der Waals surface area contributed by atoms with Gasteiger partial charge in [0.25, 0.3) is 0 Å². The Morgan fingerprint density at radius 3 is 2.63 bits per heavy atom. The minimum atomic E-state index is 0.856. The molecule has 0 saturated carbocycles. The number of halogens is 1. The topological polar surface area (TPSA) is 18.5 Å². The Morgan fingerprint density at radius 2 is 1.95 bits per heavy atom. The van der Waals surface area contributed by atoms with Crippen LogP contribution in [0.2, 0.25) is 5.02 Å². The number of anilines is 1. The maximum Gasteiger partial charge on any atom is 0.0471 e. The standard InChI is InChI=1S/C15H24ClN3/c1-3-7-17-12-13-14(16)5-4-6-15(13)19-10-8-18(2)9-11-19/h4-6,17H,3,7-12H2,1-2H3. The summed E-state index contributed by atoms with van der Waals surface area (Å²) >= 11 is 6.38. The first kappa shape index (κ1) is 14.6. The number of nitrogens with zero attached hydrogens (tertiary/aromatic N) is 2. The van der Waals surface area contributed by atoms with Gasteiger partial charge in [0.15, 0.2) is 0 Å². The second-order valence-electron chi connectivity index (χ2n) is 5.20. The number of likely N-dealkylation sites (N-methyl/N-ethyl adjacent to an activating group) is 1. The SMILES string of the molecule is CCCNCc1c(Cl)cccc1N1CCN(C)CC1. The third-order valence-electron chi connectivity index (χ3n) is 3.67. The number of hydrogen-bond acceptors (Lipinski definition) is 3. The normalized spacial score (nSPS) is 16.9. The molecule has 1 aromatic rings. The number of piperazine rings is 1. The summed E-state index contributed by atoms with van der Waals surface area (Å²) in [6, 6.07) is 6.24. The molecule has 2 rings (SSSR count). The summed E-state index contributed by atoms with van der Waals surface area (Å²) in [4.78, 5) is 4.82. The Hall–Kier alpha value is -0.770. The third-order valence-corrected chi connectivity index (χ3v) is 4.02. The zero-order valence-corrected chi connectivity index (χ0v) is 12.7. The first-order chi connectivity index (χ1) is 9.22. The summed E-state index contributed by atoms with van der Waals surface area (Å²) in [5.41, 5.74) is 2.53. The molecule has 4 heteroatoms. The average Bonchev–Trinajstić information content (AvgIpc) is 2.42. The zero-order chi connectivity index (χ0) is 13.7. The van der Waals surface area contributed by atoms with Gasteiger partial charge in [-0.05, 0) is 32.1 Å². The van der Waals surface area contributed by atoms with Gasteiger partial charge >= 0.3 is 0 Å². The summed E-state index contributed by atoms with van der Waals surface area (Å²) in [5.74, 6) is 0. The monoisotopic (exact) mass is 281 g/mol. The minimum absolute atomic E-state index is 0.856. The van der Waals surface area contributed by atoms with Gasteiger partial charge in [-0.2, -0.15) is 0 Å². The predicted octanol–water partition coefficient (Wildman–Crippen LogP) is 2.59. The fourth-order valence-corrected chi connectivity index (χ4v) is 2.69. The van der Waals surface area contributed by atoms with Gasteiger partial charge in [-0.15, -0.1) is 0 Å². The van der Waals surface area contributed by atoms with Gasteiger partial charge in [0.1, 0.15) is 0 Å². The summed E-state index contributed by atoms with van der Waals surface area (Å²) in [7, 11) is 2.18. The molecule has 0 spiro atoms. The van der Waals surface area contributed by atoms with E-state index in [1.165, 1.54) is 11.3 Å². The van der Waals surface area contributed by atoms with Crippen LogP contribution in [0.3, 0.4) is 0 Å². The maximum atomic E-state index is 6.38. The molecule has 1 aliphatic heterocycles. The third kappa shape index (κ3) is 3.85. The molecular formula is C15H24ClN3. The molecule has 0 amide bonds. The first-order valence-electron chi connectivity index (χ1n) is 7.14. The van der Waals surface area contributed by atoms with E-state index in [0.29, 0.717) is 0 Å². The summed E-state index contributed by atoms with van der Waals surface area (Å²) in [6.07, 6.45) is 1.15. The van der Waals surface area contributed by atoms with Crippen molar-refractivity contribution in [3.05, 3.63) is 28.8 Å². The highest BCUT2D eigenvalue weighted by Crippen LogP contribution is 2.28. The highest BCUT2D eigenvalue weighted by molar-refractivity contribution is 6.31. The molecule has 19 heavy (non-hydrogen) atoms. The summed E-state index contributed by atoms with van der Waals surface area (Å²) < 4.78 is 0. The van der Waals surface area contributed by atoms with Gasteiger partial charge in [0, 0.05) is 49.0 Å². The van der Waals surface area contributed by atoms with Crippen LogP contribution < -0.4 is 10.2 Å². The largest absolute Gasteiger partial charge is 0.369 e. The van der Waals surface area contributed by atoms with Gasteiger partial charge < -0.3 is 15.1 Å². The highest BCUT2D eigenvalue weighted by Gasteiger charge is 2.18. The van der Waals surface area contributed by atoms with Crippen LogP contribution in [0.1, 0.15) is 18.9 Å². The molecular weight excluding hydrogens is 258 g/mol. The van der Waals surface area contributed by atoms with E-state index in [4.69, 9.17) is 11.6 Å². The van der Waals surface area contributed by atoms with Crippen LogP contribution in [0.15, 0.2) is 18.2 Å². The lowest BCUT2D eigenvalue weighted by atomic mass is 10.1. The van der Waals surface area contributed by atoms with Crippen molar-refractivity contribution >= 4 is 17.3 Å². The van der Waals surface area contributed by atoms with E-state index in [0.717, 1.165) is 50.7 Å². The van der Waals surface area contributed by atoms with E-state index in [1.807, 2.05) is 6.07 Å². The Balaban J connectivity index is 2.12. The minimum Gasteiger partial charge on any atom is -0.369 e. The molecule has 1 saturated heterocycles. The average molecular weight is 282 g/mol. The van der Waals surface area contributed by atoms with Crippen LogP contribution in [-0.2, 0) is 6.54 Å². The van der Waals surface area contributed by atoms with Gasteiger partial charge in [-0.25, -0.2) is 0 Å². The Labute approximate surface area is 121 Å². The van der Waals surface area contributed by atoms with E-state index in [1.54, 1.807) is 0 Å². The summed E-state index contributed by atoms with van der Waals surface area (Å²) in [6.45, 7) is 8.47. The van der Waals surface area contributed by atoms with Crippen molar-refractivity contribution in [2.45, 2.75) is 19.9 Å². The smallest absolute Gasteiger partial charge is 0.0471 e. The lowest BCUT2D eigenvalue weighted by Crippen LogP contribution is -2.45. The quantitative estimate of drug-likeness (QED) is 0.837. The van der Waals surface area contributed by atoms with Crippen LogP contribution in [0.4, 0.5) is 5.69 Å². The molecule has 106 valence electrons. The van der Waals surface area contributed by atoms with Crippen LogP contribution in [0.25, 0.3) is 0 Å². The van der Waals surface area contributed by atoms with Crippen LogP contribution in [0.5, 0.6) is 0 Å². The fraction of sp³-hybridized carbons (Fsp3) is 0.600. The number of nitrogens with one attached hydrogen (secondary N) is 1. The van der Waals surface area contributed by atoms with Crippen LogP contribution in [0, 0.1) is 0 Å². The zero-order valence-electron chi connectivity index (χ0n) is 12.0. The Morgan fingerprint density at radius 1 is 1.21 bits per heavy atom. The first-order valence-corrected chi connectivity index (χ1v) is 7.51. The van der Waals surface area contributed by atoms with Crippen molar-refractivity contribution < 1.29 is 0 Å². The number of benzene rings is 1. The van der Waals surface area contributed by atoms with Crippen molar-refractivity contribution in [3.8, 4) is 0 Å². The number of rotatable bonds is 5. The van der Waals surface area contributed by atoms with Gasteiger partial charge in [0.05, 0.1) is 0 Å². The molecule has 0 bridgehead atoms.